The van der Waals surface area contributed by atoms with Crippen LogP contribution in [0.2, 0.25) is 0 Å². The fourth-order valence-corrected chi connectivity index (χ4v) is 7.47. The summed E-state index contributed by atoms with van der Waals surface area (Å²) in [5.74, 6) is 0. The summed E-state index contributed by atoms with van der Waals surface area (Å²) in [6, 6.07) is 57.4. The molecule has 0 aliphatic rings. The van der Waals surface area contributed by atoms with Crippen molar-refractivity contribution in [1.82, 2.24) is 15.0 Å². The molecule has 0 atom stereocenters. The number of hydrogen-bond donors (Lipinski definition) is 0. The number of pyridine rings is 3. The van der Waals surface area contributed by atoms with E-state index in [0.717, 1.165) is 88.6 Å². The molecule has 9 rings (SSSR count). The van der Waals surface area contributed by atoms with Crippen molar-refractivity contribution in [3.8, 4) is 39.8 Å². The summed E-state index contributed by atoms with van der Waals surface area (Å²) in [5, 5.41) is 11.5. The normalized spacial score (nSPS) is 11.0. The molecule has 0 fully saturated rings. The van der Waals surface area contributed by atoms with Crippen molar-refractivity contribution in [3.05, 3.63) is 209 Å². The number of nitriles is 1. The Hall–Kier alpha value is -6.51. The number of hydrogen-bond acceptors (Lipinski definition) is 5. The summed E-state index contributed by atoms with van der Waals surface area (Å²) < 4.78 is 6.26. The standard InChI is InChI=1S/C52H37N4O.Ir/c53-32-44-13-7-14-45-46-15-8-16-47(52(46)57-51(44)45)50-28-25-38(35-56-50)19-22-41-30-39(20-17-36-23-26-48(54-33-36)42-9-3-1-4-10-42)29-40(31-41)21-18-37-24-27-49(55-34-37)43-11-5-2-6-12-43;/h1-9,11,13-15,23-31,33-35H,17-22H2;/q-3;+3. The van der Waals surface area contributed by atoms with E-state index in [2.05, 4.69) is 72.8 Å². The van der Waals surface area contributed by atoms with E-state index < -0.39 is 0 Å². The van der Waals surface area contributed by atoms with Crippen molar-refractivity contribution in [2.45, 2.75) is 38.5 Å². The van der Waals surface area contributed by atoms with Gasteiger partial charge >= 0.3 is 20.1 Å². The first-order valence-electron chi connectivity index (χ1n) is 19.3. The van der Waals surface area contributed by atoms with Gasteiger partial charge in [0.15, 0.2) is 0 Å². The molecule has 5 nitrogen and oxygen atoms in total. The molecule has 0 saturated carbocycles. The largest absolute Gasteiger partial charge is 3.00 e. The van der Waals surface area contributed by atoms with Gasteiger partial charge in [0.05, 0.1) is 11.1 Å². The van der Waals surface area contributed by atoms with E-state index >= 15 is 0 Å². The number of aromatic nitrogens is 3. The van der Waals surface area contributed by atoms with Gasteiger partial charge in [0.1, 0.15) is 11.7 Å². The molecule has 0 radical (unpaired) electrons. The van der Waals surface area contributed by atoms with Crippen molar-refractivity contribution >= 4 is 21.9 Å². The topological polar surface area (TPSA) is 75.6 Å². The summed E-state index contributed by atoms with van der Waals surface area (Å²) in [5.41, 5.74) is 14.9. The molecule has 0 bridgehead atoms. The first kappa shape index (κ1) is 38.4. The Bertz CT molecular complexity index is 2720. The number of rotatable bonds is 12. The summed E-state index contributed by atoms with van der Waals surface area (Å²) >= 11 is 0. The van der Waals surface area contributed by atoms with Gasteiger partial charge in [0, 0.05) is 24.0 Å². The third-order valence-electron chi connectivity index (χ3n) is 10.5. The van der Waals surface area contributed by atoms with Crippen LogP contribution in [0.25, 0.3) is 55.7 Å². The van der Waals surface area contributed by atoms with Gasteiger partial charge in [-0.1, -0.05) is 77.7 Å². The van der Waals surface area contributed by atoms with Crippen molar-refractivity contribution in [2.75, 3.05) is 0 Å². The number of furan rings is 1. The second-order valence-corrected chi connectivity index (χ2v) is 14.4. The second kappa shape index (κ2) is 17.7. The molecule has 6 heteroatoms. The van der Waals surface area contributed by atoms with Crippen molar-refractivity contribution in [1.29, 1.82) is 5.26 Å². The molecule has 0 amide bonds. The quantitative estimate of drug-likeness (QED) is 0.114. The molecule has 0 aliphatic carbocycles. The van der Waals surface area contributed by atoms with E-state index in [1.807, 2.05) is 97.5 Å². The van der Waals surface area contributed by atoms with Crippen molar-refractivity contribution in [2.24, 2.45) is 0 Å². The van der Waals surface area contributed by atoms with Crippen LogP contribution >= 0.6 is 0 Å². The Morgan fingerprint density at radius 3 is 1.43 bits per heavy atom. The predicted molar refractivity (Wildman–Crippen MR) is 226 cm³/mol. The number of nitrogens with zero attached hydrogens (tertiary/aromatic N) is 4. The first-order chi connectivity index (χ1) is 28.2. The van der Waals surface area contributed by atoms with Crippen LogP contribution in [0, 0.1) is 29.5 Å². The monoisotopic (exact) mass is 926 g/mol. The number of fused-ring (bicyclic) bond motifs is 3. The SMILES string of the molecule is N#Cc1cccc2c1oc1c(-c3ccc(CCc4cc(CCc5ccc(-c6[c-]cccc6)nc5)cc(CCc5ccc(-c6[c-]cccc6)nc5)c4)cn3)[c-]ccc12.[Ir+3]. The third-order valence-corrected chi connectivity index (χ3v) is 10.5. The maximum atomic E-state index is 9.64. The average Bonchev–Trinajstić information content (AvgIpc) is 3.67. The van der Waals surface area contributed by atoms with E-state index in [4.69, 9.17) is 19.4 Å². The number of benzene rings is 5. The summed E-state index contributed by atoms with van der Waals surface area (Å²) in [4.78, 5) is 14.3. The predicted octanol–water partition coefficient (Wildman–Crippen LogP) is 11.4. The maximum Gasteiger partial charge on any atom is 3.00 e. The molecule has 0 saturated heterocycles. The number of para-hydroxylation sites is 1. The van der Waals surface area contributed by atoms with E-state index in [-0.39, 0.29) is 20.1 Å². The van der Waals surface area contributed by atoms with Crippen molar-refractivity contribution in [3.63, 3.8) is 0 Å². The Morgan fingerprint density at radius 2 is 0.966 bits per heavy atom. The molecule has 280 valence electrons. The molecule has 9 aromatic rings. The van der Waals surface area contributed by atoms with Gasteiger partial charge in [-0.25, -0.2) is 0 Å². The van der Waals surface area contributed by atoms with Crippen LogP contribution in [0.4, 0.5) is 0 Å². The Labute approximate surface area is 352 Å². The van der Waals surface area contributed by atoms with E-state index in [1.54, 1.807) is 6.07 Å². The molecule has 0 aliphatic heterocycles. The molecule has 4 aromatic heterocycles. The fourth-order valence-electron chi connectivity index (χ4n) is 7.47. The molecular formula is C52H37IrN4O. The maximum absolute atomic E-state index is 9.64. The minimum absolute atomic E-state index is 0. The minimum Gasteiger partial charge on any atom is -0.499 e. The Morgan fingerprint density at radius 1 is 0.466 bits per heavy atom. The molecule has 5 aromatic carbocycles. The fraction of sp³-hybridized carbons (Fsp3) is 0.115. The van der Waals surface area contributed by atoms with Gasteiger partial charge in [0.2, 0.25) is 0 Å². The Balaban J connectivity index is 0.00000469. The van der Waals surface area contributed by atoms with Crippen LogP contribution in [0.15, 0.2) is 156 Å². The van der Waals surface area contributed by atoms with Gasteiger partial charge in [-0.2, -0.15) is 5.26 Å². The van der Waals surface area contributed by atoms with Crippen LogP contribution in [-0.2, 0) is 58.6 Å². The first-order valence-corrected chi connectivity index (χ1v) is 19.3. The smallest absolute Gasteiger partial charge is 0.499 e. The molecule has 58 heavy (non-hydrogen) atoms. The van der Waals surface area contributed by atoms with Gasteiger partial charge in [-0.3, -0.25) is 0 Å². The zero-order valence-electron chi connectivity index (χ0n) is 31.7. The minimum atomic E-state index is 0. The zero-order valence-corrected chi connectivity index (χ0v) is 34.1. The molecule has 0 spiro atoms. The summed E-state index contributed by atoms with van der Waals surface area (Å²) in [7, 11) is 0. The van der Waals surface area contributed by atoms with Crippen LogP contribution in [-0.4, -0.2) is 15.0 Å². The van der Waals surface area contributed by atoms with Gasteiger partial charge in [-0.15, -0.1) is 90.0 Å². The number of aryl methyl sites for hydroxylation is 6. The molecular weight excluding hydrogens is 889 g/mol. The van der Waals surface area contributed by atoms with Crippen molar-refractivity contribution < 1.29 is 24.5 Å². The molecule has 0 N–H and O–H groups in total. The van der Waals surface area contributed by atoms with Gasteiger partial charge < -0.3 is 19.4 Å². The van der Waals surface area contributed by atoms with E-state index in [1.165, 1.54) is 27.8 Å². The van der Waals surface area contributed by atoms with Crippen LogP contribution in [0.5, 0.6) is 0 Å². The van der Waals surface area contributed by atoms with E-state index in [0.29, 0.717) is 16.7 Å². The summed E-state index contributed by atoms with van der Waals surface area (Å²) in [6.07, 6.45) is 11.4. The van der Waals surface area contributed by atoms with Crippen LogP contribution < -0.4 is 0 Å². The summed E-state index contributed by atoms with van der Waals surface area (Å²) in [6.45, 7) is 0. The van der Waals surface area contributed by atoms with Gasteiger partial charge in [-0.05, 0) is 95.1 Å². The second-order valence-electron chi connectivity index (χ2n) is 14.4. The molecule has 4 heterocycles. The van der Waals surface area contributed by atoms with Crippen LogP contribution in [0.1, 0.15) is 38.9 Å². The molecule has 0 unspecified atom stereocenters. The van der Waals surface area contributed by atoms with Gasteiger partial charge in [0.25, 0.3) is 0 Å². The Kier molecular flexibility index (Phi) is 11.7. The van der Waals surface area contributed by atoms with Crippen LogP contribution in [0.3, 0.4) is 0 Å². The third kappa shape index (κ3) is 8.57. The zero-order chi connectivity index (χ0) is 38.4. The van der Waals surface area contributed by atoms with E-state index in [9.17, 15) is 5.26 Å². The average molecular weight is 926 g/mol.